The number of hydrogen-bond acceptors (Lipinski definition) is 6. The lowest BCUT2D eigenvalue weighted by atomic mass is 9.86. The van der Waals surface area contributed by atoms with Crippen LogP contribution in [0.1, 0.15) is 49.7 Å². The maximum absolute atomic E-state index is 13.0. The van der Waals surface area contributed by atoms with Gasteiger partial charge in [0, 0.05) is 18.6 Å². The fourth-order valence-electron chi connectivity index (χ4n) is 4.51. The second kappa shape index (κ2) is 9.64. The van der Waals surface area contributed by atoms with Crippen LogP contribution in [0.2, 0.25) is 0 Å². The van der Waals surface area contributed by atoms with Gasteiger partial charge in [-0.05, 0) is 50.3 Å². The number of fused-ring (bicyclic) bond motifs is 1. The molecule has 2 unspecified atom stereocenters. The van der Waals surface area contributed by atoms with E-state index in [1.165, 1.54) is 0 Å². The van der Waals surface area contributed by atoms with Gasteiger partial charge in [-0.3, -0.25) is 4.84 Å². The van der Waals surface area contributed by atoms with E-state index in [4.69, 9.17) is 14.0 Å². The Balaban J connectivity index is 1.74. The molecule has 0 radical (unpaired) electrons. The van der Waals surface area contributed by atoms with Crippen molar-refractivity contribution in [3.05, 3.63) is 76.1 Å². The summed E-state index contributed by atoms with van der Waals surface area (Å²) < 4.78 is 11.5. The van der Waals surface area contributed by atoms with Crippen LogP contribution in [-0.4, -0.2) is 36.2 Å². The molecule has 3 atom stereocenters. The first-order valence-electron chi connectivity index (χ1n) is 10.8. The van der Waals surface area contributed by atoms with Crippen molar-refractivity contribution in [3.8, 4) is 5.75 Å². The lowest BCUT2D eigenvalue weighted by Gasteiger charge is -2.37. The zero-order valence-corrected chi connectivity index (χ0v) is 18.0. The summed E-state index contributed by atoms with van der Waals surface area (Å²) in [6, 6.07) is 16.7. The zero-order valence-electron chi connectivity index (χ0n) is 18.0. The fraction of sp³-hybridized carbons (Fsp3) is 0.400. The predicted octanol–water partition coefficient (Wildman–Crippen LogP) is 4.80. The first kappa shape index (κ1) is 21.6. The Kier molecular flexibility index (Phi) is 6.70. The molecule has 4 rings (SSSR count). The van der Waals surface area contributed by atoms with Gasteiger partial charge in [0.2, 0.25) is 0 Å². The first-order chi connectivity index (χ1) is 15.1. The molecular weight excluding hydrogens is 394 g/mol. The molecule has 2 aromatic carbocycles. The molecule has 31 heavy (non-hydrogen) atoms. The van der Waals surface area contributed by atoms with Crippen molar-refractivity contribution < 1.29 is 19.1 Å². The summed E-state index contributed by atoms with van der Waals surface area (Å²) >= 11 is 0. The molecule has 0 saturated carbocycles. The van der Waals surface area contributed by atoms with Crippen LogP contribution >= 0.6 is 0 Å². The van der Waals surface area contributed by atoms with Crippen LogP contribution in [0.15, 0.2) is 63.8 Å². The monoisotopic (exact) mass is 423 g/mol. The summed E-state index contributed by atoms with van der Waals surface area (Å²) in [7, 11) is 1.65. The van der Waals surface area contributed by atoms with Crippen molar-refractivity contribution in [2.75, 3.05) is 13.7 Å². The Morgan fingerprint density at radius 3 is 2.58 bits per heavy atom. The number of rotatable bonds is 7. The smallest absolute Gasteiger partial charge is 0.343 e. The third-order valence-corrected chi connectivity index (χ3v) is 6.03. The highest BCUT2D eigenvalue weighted by atomic mass is 16.7. The normalized spacial score (nSPS) is 18.9. The average molecular weight is 424 g/mol. The molecule has 2 heterocycles. The van der Waals surface area contributed by atoms with Crippen molar-refractivity contribution in [3.63, 3.8) is 0 Å². The number of hydrogen-bond donors (Lipinski definition) is 1. The molecule has 1 N–H and O–H groups in total. The molecule has 0 spiro atoms. The molecule has 6 heteroatoms. The summed E-state index contributed by atoms with van der Waals surface area (Å²) in [6.45, 7) is 2.77. The van der Waals surface area contributed by atoms with Gasteiger partial charge in [0.15, 0.2) is 0 Å². The minimum atomic E-state index is -0.518. The van der Waals surface area contributed by atoms with Crippen LogP contribution in [0.5, 0.6) is 5.75 Å². The Hall–Kier alpha value is -2.67. The van der Waals surface area contributed by atoms with Crippen molar-refractivity contribution in [1.82, 2.24) is 5.06 Å². The highest BCUT2D eigenvalue weighted by Gasteiger charge is 2.32. The van der Waals surface area contributed by atoms with E-state index in [0.29, 0.717) is 24.0 Å². The van der Waals surface area contributed by atoms with E-state index >= 15 is 0 Å². The van der Waals surface area contributed by atoms with Crippen molar-refractivity contribution in [1.29, 1.82) is 0 Å². The van der Waals surface area contributed by atoms with Crippen LogP contribution in [0, 0.1) is 0 Å². The van der Waals surface area contributed by atoms with E-state index in [2.05, 4.69) is 6.92 Å². The van der Waals surface area contributed by atoms with Crippen molar-refractivity contribution in [2.24, 2.45) is 0 Å². The summed E-state index contributed by atoms with van der Waals surface area (Å²) in [5, 5.41) is 13.5. The topological polar surface area (TPSA) is 72.1 Å². The third-order valence-electron chi connectivity index (χ3n) is 6.03. The Morgan fingerprint density at radius 1 is 1.13 bits per heavy atom. The van der Waals surface area contributed by atoms with E-state index in [0.717, 1.165) is 24.8 Å². The van der Waals surface area contributed by atoms with Gasteiger partial charge in [-0.15, -0.1) is 0 Å². The van der Waals surface area contributed by atoms with E-state index in [-0.39, 0.29) is 29.5 Å². The number of aromatic hydroxyl groups is 1. The molecule has 1 saturated heterocycles. The fourth-order valence-corrected chi connectivity index (χ4v) is 4.51. The summed E-state index contributed by atoms with van der Waals surface area (Å²) in [5.74, 6) is -0.385. The molecule has 1 fully saturated rings. The predicted molar refractivity (Wildman–Crippen MR) is 119 cm³/mol. The summed E-state index contributed by atoms with van der Waals surface area (Å²) in [4.78, 5) is 18.7. The highest BCUT2D eigenvalue weighted by Crippen LogP contribution is 2.37. The van der Waals surface area contributed by atoms with Gasteiger partial charge in [0.25, 0.3) is 0 Å². The highest BCUT2D eigenvalue weighted by molar-refractivity contribution is 5.84. The second-order valence-corrected chi connectivity index (χ2v) is 8.06. The van der Waals surface area contributed by atoms with Crippen LogP contribution in [0.3, 0.4) is 0 Å². The van der Waals surface area contributed by atoms with Gasteiger partial charge >= 0.3 is 5.63 Å². The van der Waals surface area contributed by atoms with Gasteiger partial charge in [-0.1, -0.05) is 42.5 Å². The van der Waals surface area contributed by atoms with E-state index < -0.39 is 5.63 Å². The molecule has 0 bridgehead atoms. The number of para-hydroxylation sites is 1. The molecule has 164 valence electrons. The largest absolute Gasteiger partial charge is 0.507 e. The van der Waals surface area contributed by atoms with Gasteiger partial charge in [-0.2, -0.15) is 5.06 Å². The molecule has 1 aromatic heterocycles. The molecule has 6 nitrogen and oxygen atoms in total. The third kappa shape index (κ3) is 4.51. The minimum Gasteiger partial charge on any atom is -0.507 e. The molecule has 3 aromatic rings. The number of benzene rings is 2. The van der Waals surface area contributed by atoms with Crippen LogP contribution in [0.4, 0.5) is 0 Å². The lowest BCUT2D eigenvalue weighted by molar-refractivity contribution is -0.266. The van der Waals surface area contributed by atoms with Crippen molar-refractivity contribution in [2.45, 2.75) is 50.8 Å². The van der Waals surface area contributed by atoms with Crippen LogP contribution in [0.25, 0.3) is 11.0 Å². The Bertz CT molecular complexity index is 1060. The average Bonchev–Trinajstić information content (AvgIpc) is 2.80. The number of ether oxygens (including phenoxy) is 1. The van der Waals surface area contributed by atoms with E-state index in [1.54, 1.807) is 25.3 Å². The molecule has 1 aliphatic heterocycles. The lowest BCUT2D eigenvalue weighted by Crippen LogP contribution is -2.44. The molecule has 1 aliphatic rings. The van der Waals surface area contributed by atoms with Gasteiger partial charge in [0.1, 0.15) is 17.6 Å². The summed E-state index contributed by atoms with van der Waals surface area (Å²) in [6.07, 6.45) is 3.48. The van der Waals surface area contributed by atoms with Crippen LogP contribution in [-0.2, 0) is 9.57 Å². The van der Waals surface area contributed by atoms with E-state index in [1.807, 2.05) is 41.5 Å². The maximum atomic E-state index is 13.0. The summed E-state index contributed by atoms with van der Waals surface area (Å²) in [5.41, 5.74) is 1.07. The molecule has 0 amide bonds. The number of hydroxylamine groups is 2. The Morgan fingerprint density at radius 2 is 1.87 bits per heavy atom. The van der Waals surface area contributed by atoms with Crippen molar-refractivity contribution >= 4 is 11.0 Å². The Labute approximate surface area is 182 Å². The zero-order chi connectivity index (χ0) is 21.8. The SMILES string of the molecule is CON(C(C)CC(c1ccccc1)c1c(O)c2ccccc2oc1=O)[C@H]1CCCCO1. The van der Waals surface area contributed by atoms with E-state index in [9.17, 15) is 9.90 Å². The van der Waals surface area contributed by atoms with Gasteiger partial charge < -0.3 is 14.3 Å². The van der Waals surface area contributed by atoms with Crippen LogP contribution < -0.4 is 5.63 Å². The maximum Gasteiger partial charge on any atom is 0.343 e. The minimum absolute atomic E-state index is 0.0224. The first-order valence-corrected chi connectivity index (χ1v) is 10.8. The number of nitrogens with zero attached hydrogens (tertiary/aromatic N) is 1. The quantitative estimate of drug-likeness (QED) is 0.435. The molecule has 0 aliphatic carbocycles. The van der Waals surface area contributed by atoms with Gasteiger partial charge in [0.05, 0.1) is 18.1 Å². The standard InChI is InChI=1S/C25H29NO5/c1-17(26(29-2)22-14-8-9-15-30-22)16-20(18-10-4-3-5-11-18)23-24(27)19-12-6-7-13-21(19)31-25(23)28/h3-7,10-13,17,20,22,27H,8-9,14-16H2,1-2H3/t17?,20?,22-/m1/s1. The second-order valence-electron chi connectivity index (χ2n) is 8.06. The molecular formula is C25H29NO5. The van der Waals surface area contributed by atoms with Gasteiger partial charge in [-0.25, -0.2) is 4.79 Å².